The molecule has 3 atom stereocenters. The molecule has 1 heterocycles. The first kappa shape index (κ1) is 14.9. The Hall–Kier alpha value is -0.120. The van der Waals surface area contributed by atoms with E-state index in [2.05, 4.69) is 50.0 Å². The fourth-order valence-corrected chi connectivity index (χ4v) is 2.50. The van der Waals surface area contributed by atoms with Gasteiger partial charge in [0.05, 0.1) is 0 Å². The van der Waals surface area contributed by atoms with E-state index >= 15 is 0 Å². The molecule has 0 aromatic rings. The van der Waals surface area contributed by atoms with Gasteiger partial charge in [-0.2, -0.15) is 0 Å². The highest BCUT2D eigenvalue weighted by Crippen LogP contribution is 2.15. The molecule has 17 heavy (non-hydrogen) atoms. The van der Waals surface area contributed by atoms with E-state index in [0.29, 0.717) is 12.1 Å². The summed E-state index contributed by atoms with van der Waals surface area (Å²) in [6.07, 6.45) is 2.55. The fraction of sp³-hybridized carbons (Fsp3) is 1.00. The normalized spacial score (nSPS) is 26.1. The second kappa shape index (κ2) is 7.34. The summed E-state index contributed by atoms with van der Waals surface area (Å²) in [4.78, 5) is 4.95. The van der Waals surface area contributed by atoms with Crippen molar-refractivity contribution in [2.24, 2.45) is 5.92 Å². The molecule has 3 nitrogen and oxygen atoms in total. The lowest BCUT2D eigenvalue weighted by atomic mass is 9.96. The van der Waals surface area contributed by atoms with Crippen LogP contribution in [0.2, 0.25) is 0 Å². The van der Waals surface area contributed by atoms with Crippen LogP contribution in [0, 0.1) is 5.92 Å². The Labute approximate surface area is 108 Å². The van der Waals surface area contributed by atoms with Gasteiger partial charge in [-0.25, -0.2) is 0 Å². The zero-order valence-corrected chi connectivity index (χ0v) is 12.4. The molecule has 0 radical (unpaired) electrons. The molecular weight excluding hydrogens is 210 g/mol. The molecule has 1 fully saturated rings. The maximum atomic E-state index is 3.67. The molecule has 1 aliphatic heterocycles. The molecule has 0 spiro atoms. The molecule has 0 aliphatic carbocycles. The molecule has 1 rings (SSSR count). The highest BCUT2D eigenvalue weighted by atomic mass is 15.2. The Bertz CT molecular complexity index is 206. The van der Waals surface area contributed by atoms with E-state index in [-0.39, 0.29) is 0 Å². The van der Waals surface area contributed by atoms with Gasteiger partial charge in [0, 0.05) is 31.7 Å². The van der Waals surface area contributed by atoms with Gasteiger partial charge in [-0.15, -0.1) is 0 Å². The van der Waals surface area contributed by atoms with E-state index in [1.165, 1.54) is 32.5 Å². The Morgan fingerprint density at radius 2 is 2.06 bits per heavy atom. The molecule has 1 aliphatic rings. The zero-order valence-electron chi connectivity index (χ0n) is 12.4. The zero-order chi connectivity index (χ0) is 12.8. The first-order valence-corrected chi connectivity index (χ1v) is 7.16. The predicted molar refractivity (Wildman–Crippen MR) is 75.5 cm³/mol. The van der Waals surface area contributed by atoms with Crippen molar-refractivity contribution < 1.29 is 0 Å². The third-order valence-corrected chi connectivity index (χ3v) is 4.19. The first-order valence-electron chi connectivity index (χ1n) is 7.16. The fourth-order valence-electron chi connectivity index (χ4n) is 2.50. The number of rotatable bonds is 6. The standard InChI is InChI=1S/C14H31N3/c1-6-12(2)14-11-17(10-8-15-14)13(3)7-9-16(4)5/h12-15H,6-11H2,1-5H3. The van der Waals surface area contributed by atoms with Crippen LogP contribution in [0.5, 0.6) is 0 Å². The third-order valence-electron chi connectivity index (χ3n) is 4.19. The van der Waals surface area contributed by atoms with Crippen molar-refractivity contribution in [3.63, 3.8) is 0 Å². The van der Waals surface area contributed by atoms with Crippen molar-refractivity contribution in [2.75, 3.05) is 40.3 Å². The first-order chi connectivity index (χ1) is 8.04. The Morgan fingerprint density at radius 1 is 1.35 bits per heavy atom. The summed E-state index contributed by atoms with van der Waals surface area (Å²) in [7, 11) is 4.32. The molecule has 102 valence electrons. The van der Waals surface area contributed by atoms with Gasteiger partial charge in [0.2, 0.25) is 0 Å². The number of nitrogens with one attached hydrogen (secondary N) is 1. The van der Waals surface area contributed by atoms with Crippen molar-refractivity contribution in [1.29, 1.82) is 0 Å². The van der Waals surface area contributed by atoms with Crippen LogP contribution in [0.4, 0.5) is 0 Å². The number of piperazine rings is 1. The highest BCUT2D eigenvalue weighted by Gasteiger charge is 2.25. The largest absolute Gasteiger partial charge is 0.311 e. The summed E-state index contributed by atoms with van der Waals surface area (Å²) in [6, 6.07) is 1.40. The minimum absolute atomic E-state index is 0.690. The average molecular weight is 241 g/mol. The summed E-state index contributed by atoms with van der Waals surface area (Å²) in [5, 5.41) is 3.67. The molecular formula is C14H31N3. The maximum absolute atomic E-state index is 3.67. The van der Waals surface area contributed by atoms with E-state index in [0.717, 1.165) is 12.5 Å². The van der Waals surface area contributed by atoms with Gasteiger partial charge in [0.1, 0.15) is 0 Å². The lowest BCUT2D eigenvalue weighted by molar-refractivity contribution is 0.120. The van der Waals surface area contributed by atoms with Crippen molar-refractivity contribution >= 4 is 0 Å². The van der Waals surface area contributed by atoms with Crippen LogP contribution in [0.25, 0.3) is 0 Å². The average Bonchev–Trinajstić information content (AvgIpc) is 2.35. The minimum Gasteiger partial charge on any atom is -0.311 e. The third kappa shape index (κ3) is 4.94. The van der Waals surface area contributed by atoms with E-state index in [1.54, 1.807) is 0 Å². The van der Waals surface area contributed by atoms with Gasteiger partial charge in [-0.3, -0.25) is 4.90 Å². The maximum Gasteiger partial charge on any atom is 0.0221 e. The second-order valence-corrected chi connectivity index (χ2v) is 5.88. The van der Waals surface area contributed by atoms with E-state index in [9.17, 15) is 0 Å². The molecule has 1 saturated heterocycles. The monoisotopic (exact) mass is 241 g/mol. The summed E-state index contributed by atoms with van der Waals surface area (Å²) in [5.41, 5.74) is 0. The quantitative estimate of drug-likeness (QED) is 0.763. The SMILES string of the molecule is CCC(C)C1CN(C(C)CCN(C)C)CCN1. The molecule has 0 aromatic heterocycles. The summed E-state index contributed by atoms with van der Waals surface area (Å²) >= 11 is 0. The highest BCUT2D eigenvalue weighted by molar-refractivity contribution is 4.84. The summed E-state index contributed by atoms with van der Waals surface area (Å²) in [5.74, 6) is 0.791. The lowest BCUT2D eigenvalue weighted by Crippen LogP contribution is -2.55. The Morgan fingerprint density at radius 3 is 2.65 bits per heavy atom. The Kier molecular flexibility index (Phi) is 6.45. The second-order valence-electron chi connectivity index (χ2n) is 5.88. The summed E-state index contributed by atoms with van der Waals surface area (Å²) in [6.45, 7) is 11.8. The van der Waals surface area contributed by atoms with Gasteiger partial charge < -0.3 is 10.2 Å². The number of hydrogen-bond donors (Lipinski definition) is 1. The van der Waals surface area contributed by atoms with Crippen molar-refractivity contribution in [1.82, 2.24) is 15.1 Å². The number of nitrogens with zero attached hydrogens (tertiary/aromatic N) is 2. The van der Waals surface area contributed by atoms with Crippen LogP contribution in [0.1, 0.15) is 33.6 Å². The van der Waals surface area contributed by atoms with E-state index in [1.807, 2.05) is 0 Å². The molecule has 0 saturated carbocycles. The smallest absolute Gasteiger partial charge is 0.0221 e. The number of hydrogen-bond acceptors (Lipinski definition) is 3. The van der Waals surface area contributed by atoms with Crippen molar-refractivity contribution in [3.8, 4) is 0 Å². The molecule has 1 N–H and O–H groups in total. The molecule has 0 bridgehead atoms. The van der Waals surface area contributed by atoms with Crippen LogP contribution in [0.3, 0.4) is 0 Å². The van der Waals surface area contributed by atoms with Crippen LogP contribution in [0.15, 0.2) is 0 Å². The van der Waals surface area contributed by atoms with Crippen molar-refractivity contribution in [2.45, 2.75) is 45.7 Å². The van der Waals surface area contributed by atoms with Gasteiger partial charge in [0.15, 0.2) is 0 Å². The van der Waals surface area contributed by atoms with E-state index in [4.69, 9.17) is 0 Å². The Balaban J connectivity index is 2.37. The van der Waals surface area contributed by atoms with Crippen LogP contribution in [-0.4, -0.2) is 62.2 Å². The predicted octanol–water partition coefficient (Wildman–Crippen LogP) is 1.65. The van der Waals surface area contributed by atoms with Gasteiger partial charge in [-0.1, -0.05) is 20.3 Å². The van der Waals surface area contributed by atoms with E-state index < -0.39 is 0 Å². The lowest BCUT2D eigenvalue weighted by Gasteiger charge is -2.40. The van der Waals surface area contributed by atoms with Crippen LogP contribution in [-0.2, 0) is 0 Å². The van der Waals surface area contributed by atoms with Gasteiger partial charge in [0.25, 0.3) is 0 Å². The molecule has 0 amide bonds. The molecule has 3 heteroatoms. The molecule has 0 aromatic carbocycles. The van der Waals surface area contributed by atoms with Crippen LogP contribution >= 0.6 is 0 Å². The molecule has 3 unspecified atom stereocenters. The minimum atomic E-state index is 0.690. The van der Waals surface area contributed by atoms with Gasteiger partial charge in [-0.05, 0) is 39.9 Å². The van der Waals surface area contributed by atoms with Gasteiger partial charge >= 0.3 is 0 Å². The topological polar surface area (TPSA) is 18.5 Å². The van der Waals surface area contributed by atoms with Crippen molar-refractivity contribution in [3.05, 3.63) is 0 Å². The van der Waals surface area contributed by atoms with Crippen LogP contribution < -0.4 is 5.32 Å². The summed E-state index contributed by atoms with van der Waals surface area (Å²) < 4.78 is 0.